The van der Waals surface area contributed by atoms with Crippen LogP contribution in [0.25, 0.3) is 0 Å². The molecule has 2 aromatic rings. The molecule has 0 saturated heterocycles. The predicted molar refractivity (Wildman–Crippen MR) is 81.6 cm³/mol. The van der Waals surface area contributed by atoms with E-state index in [1.807, 2.05) is 17.8 Å². The smallest absolute Gasteiger partial charge is 0.123 e. The lowest BCUT2D eigenvalue weighted by Crippen LogP contribution is -2.21. The number of rotatable bonds is 5. The molecule has 0 aliphatic rings. The Morgan fingerprint density at radius 3 is 2.70 bits per heavy atom. The molecule has 0 radical (unpaired) electrons. The summed E-state index contributed by atoms with van der Waals surface area (Å²) in [5.41, 5.74) is 2.02. The maximum absolute atomic E-state index is 13.3. The number of aromatic nitrogens is 1. The Morgan fingerprint density at radius 1 is 1.30 bits per heavy atom. The van der Waals surface area contributed by atoms with Crippen molar-refractivity contribution in [3.8, 4) is 0 Å². The van der Waals surface area contributed by atoms with E-state index in [0.717, 1.165) is 5.56 Å². The second-order valence-corrected chi connectivity index (χ2v) is 5.77. The van der Waals surface area contributed by atoms with Gasteiger partial charge >= 0.3 is 0 Å². The van der Waals surface area contributed by atoms with Crippen LogP contribution in [0.2, 0.25) is 5.02 Å². The second-order valence-electron chi connectivity index (χ2n) is 5.36. The molecule has 0 amide bonds. The van der Waals surface area contributed by atoms with Gasteiger partial charge < -0.3 is 9.88 Å². The van der Waals surface area contributed by atoms with E-state index < -0.39 is 0 Å². The number of benzene rings is 1. The fraction of sp³-hybridized carbons (Fsp3) is 0.375. The summed E-state index contributed by atoms with van der Waals surface area (Å²) in [6.07, 6.45) is 4.09. The number of nitrogens with zero attached hydrogens (tertiary/aromatic N) is 1. The number of hydrogen-bond acceptors (Lipinski definition) is 1. The fourth-order valence-electron chi connectivity index (χ4n) is 2.49. The van der Waals surface area contributed by atoms with Gasteiger partial charge in [-0.15, -0.1) is 0 Å². The monoisotopic (exact) mass is 294 g/mol. The molecule has 1 heterocycles. The highest BCUT2D eigenvalue weighted by Gasteiger charge is 2.14. The second kappa shape index (κ2) is 6.42. The van der Waals surface area contributed by atoms with Gasteiger partial charge in [0.1, 0.15) is 5.82 Å². The van der Waals surface area contributed by atoms with Crippen molar-refractivity contribution in [3.05, 3.63) is 58.6 Å². The fourth-order valence-corrected chi connectivity index (χ4v) is 2.67. The molecule has 1 atom stereocenters. The highest BCUT2D eigenvalue weighted by atomic mass is 35.5. The SMILES string of the molecule is CNC(c1ccn(Cc2cc(F)ccc2Cl)c1)C(C)C. The van der Waals surface area contributed by atoms with Crippen molar-refractivity contribution in [3.63, 3.8) is 0 Å². The van der Waals surface area contributed by atoms with E-state index in [4.69, 9.17) is 11.6 Å². The third-order valence-electron chi connectivity index (χ3n) is 3.47. The van der Waals surface area contributed by atoms with Gasteiger partial charge in [-0.2, -0.15) is 0 Å². The van der Waals surface area contributed by atoms with Crippen molar-refractivity contribution in [1.82, 2.24) is 9.88 Å². The first-order chi connectivity index (χ1) is 9.51. The van der Waals surface area contributed by atoms with Crippen LogP contribution in [0.1, 0.15) is 31.0 Å². The summed E-state index contributed by atoms with van der Waals surface area (Å²) in [5, 5.41) is 3.91. The lowest BCUT2D eigenvalue weighted by Gasteiger charge is -2.18. The van der Waals surface area contributed by atoms with Crippen molar-refractivity contribution in [2.24, 2.45) is 5.92 Å². The molecular formula is C16H20ClFN2. The molecule has 1 unspecified atom stereocenters. The highest BCUT2D eigenvalue weighted by Crippen LogP contribution is 2.23. The maximum atomic E-state index is 13.3. The van der Waals surface area contributed by atoms with Crippen LogP contribution in [-0.2, 0) is 6.54 Å². The van der Waals surface area contributed by atoms with Crippen LogP contribution in [0, 0.1) is 11.7 Å². The number of halogens is 2. The molecule has 1 N–H and O–H groups in total. The quantitative estimate of drug-likeness (QED) is 0.872. The summed E-state index contributed by atoms with van der Waals surface area (Å²) in [5.74, 6) is 0.251. The minimum absolute atomic E-state index is 0.257. The molecule has 2 rings (SSSR count). The molecular weight excluding hydrogens is 275 g/mol. The summed E-state index contributed by atoms with van der Waals surface area (Å²) in [6.45, 7) is 4.94. The first-order valence-electron chi connectivity index (χ1n) is 6.78. The van der Waals surface area contributed by atoms with E-state index in [-0.39, 0.29) is 5.82 Å². The molecule has 108 valence electrons. The Balaban J connectivity index is 2.19. The average molecular weight is 295 g/mol. The van der Waals surface area contributed by atoms with E-state index in [9.17, 15) is 4.39 Å². The predicted octanol–water partition coefficient (Wildman–Crippen LogP) is 4.25. The molecule has 0 fully saturated rings. The molecule has 2 nitrogen and oxygen atoms in total. The standard InChI is InChI=1S/C16H20ClFN2/c1-11(2)16(19-3)12-6-7-20(9-12)10-13-8-14(18)4-5-15(13)17/h4-9,11,16,19H,10H2,1-3H3. The van der Waals surface area contributed by atoms with Crippen molar-refractivity contribution in [1.29, 1.82) is 0 Å². The largest absolute Gasteiger partial charge is 0.350 e. The Kier molecular flexibility index (Phi) is 4.84. The number of hydrogen-bond donors (Lipinski definition) is 1. The van der Waals surface area contributed by atoms with Gasteiger partial charge in [0, 0.05) is 30.0 Å². The minimum Gasteiger partial charge on any atom is -0.350 e. The van der Waals surface area contributed by atoms with Crippen molar-refractivity contribution in [2.75, 3.05) is 7.05 Å². The zero-order valence-corrected chi connectivity index (χ0v) is 12.8. The van der Waals surface area contributed by atoms with Gasteiger partial charge in [-0.05, 0) is 48.4 Å². The molecule has 0 spiro atoms. The lowest BCUT2D eigenvalue weighted by atomic mass is 9.99. The van der Waals surface area contributed by atoms with Crippen LogP contribution < -0.4 is 5.32 Å². The van der Waals surface area contributed by atoms with Crippen molar-refractivity contribution >= 4 is 11.6 Å². The molecule has 0 aliphatic heterocycles. The Labute approximate surface area is 124 Å². The zero-order chi connectivity index (χ0) is 14.7. The average Bonchev–Trinajstić information content (AvgIpc) is 2.82. The van der Waals surface area contributed by atoms with Gasteiger partial charge in [0.2, 0.25) is 0 Å². The van der Waals surface area contributed by atoms with Gasteiger partial charge in [-0.3, -0.25) is 0 Å². The van der Waals surface area contributed by atoms with Crippen LogP contribution in [0.15, 0.2) is 36.7 Å². The summed E-state index contributed by atoms with van der Waals surface area (Å²) < 4.78 is 15.3. The minimum atomic E-state index is -0.257. The zero-order valence-electron chi connectivity index (χ0n) is 12.0. The van der Waals surface area contributed by atoms with E-state index in [1.54, 1.807) is 6.07 Å². The maximum Gasteiger partial charge on any atom is 0.123 e. The van der Waals surface area contributed by atoms with Crippen LogP contribution >= 0.6 is 11.6 Å². The molecule has 0 aliphatic carbocycles. The van der Waals surface area contributed by atoms with Crippen molar-refractivity contribution in [2.45, 2.75) is 26.4 Å². The van der Waals surface area contributed by atoms with E-state index in [1.165, 1.54) is 17.7 Å². The normalized spacial score (nSPS) is 12.9. The lowest BCUT2D eigenvalue weighted by molar-refractivity contribution is 0.443. The van der Waals surface area contributed by atoms with E-state index in [0.29, 0.717) is 23.5 Å². The van der Waals surface area contributed by atoms with E-state index in [2.05, 4.69) is 31.4 Å². The summed E-state index contributed by atoms with van der Waals surface area (Å²) in [6, 6.07) is 6.87. The summed E-state index contributed by atoms with van der Waals surface area (Å²) in [4.78, 5) is 0. The van der Waals surface area contributed by atoms with Gasteiger partial charge in [-0.25, -0.2) is 4.39 Å². The van der Waals surface area contributed by atoms with Crippen LogP contribution in [0.4, 0.5) is 4.39 Å². The van der Waals surface area contributed by atoms with E-state index >= 15 is 0 Å². The van der Waals surface area contributed by atoms with Crippen LogP contribution in [0.5, 0.6) is 0 Å². The molecule has 1 aromatic carbocycles. The van der Waals surface area contributed by atoms with Crippen LogP contribution in [0.3, 0.4) is 0 Å². The summed E-state index contributed by atoms with van der Waals surface area (Å²) >= 11 is 6.10. The Hall–Kier alpha value is -1.32. The summed E-state index contributed by atoms with van der Waals surface area (Å²) in [7, 11) is 1.96. The molecule has 0 saturated carbocycles. The Morgan fingerprint density at radius 2 is 2.05 bits per heavy atom. The van der Waals surface area contributed by atoms with Gasteiger partial charge in [0.15, 0.2) is 0 Å². The first kappa shape index (κ1) is 15.1. The molecule has 1 aromatic heterocycles. The van der Waals surface area contributed by atoms with Gasteiger partial charge in [-0.1, -0.05) is 25.4 Å². The number of nitrogens with one attached hydrogen (secondary N) is 1. The molecule has 0 bridgehead atoms. The molecule has 4 heteroatoms. The third kappa shape index (κ3) is 3.41. The van der Waals surface area contributed by atoms with Crippen LogP contribution in [-0.4, -0.2) is 11.6 Å². The van der Waals surface area contributed by atoms with Gasteiger partial charge in [0.25, 0.3) is 0 Å². The van der Waals surface area contributed by atoms with Crippen molar-refractivity contribution < 1.29 is 4.39 Å². The topological polar surface area (TPSA) is 17.0 Å². The van der Waals surface area contributed by atoms with Gasteiger partial charge in [0.05, 0.1) is 0 Å². The Bertz CT molecular complexity index is 578. The third-order valence-corrected chi connectivity index (χ3v) is 3.84. The molecule has 20 heavy (non-hydrogen) atoms. The first-order valence-corrected chi connectivity index (χ1v) is 7.16. The highest BCUT2D eigenvalue weighted by molar-refractivity contribution is 6.31.